The highest BCUT2D eigenvalue weighted by Crippen LogP contribution is 2.23. The van der Waals surface area contributed by atoms with Crippen molar-refractivity contribution in [3.8, 4) is 0 Å². The highest BCUT2D eigenvalue weighted by molar-refractivity contribution is 5.31. The van der Waals surface area contributed by atoms with Gasteiger partial charge in [0.2, 0.25) is 5.95 Å². The van der Waals surface area contributed by atoms with Gasteiger partial charge in [-0.1, -0.05) is 0 Å². The number of rotatable bonds is 4. The summed E-state index contributed by atoms with van der Waals surface area (Å²) in [6, 6.07) is 0.279. The van der Waals surface area contributed by atoms with Crippen LogP contribution in [0.3, 0.4) is 0 Å². The largest absolute Gasteiger partial charge is 0.381 e. The minimum absolute atomic E-state index is 0.100. The van der Waals surface area contributed by atoms with E-state index in [-0.39, 0.29) is 17.8 Å². The van der Waals surface area contributed by atoms with Crippen LogP contribution in [0, 0.1) is 10.1 Å². The molecular weight excluding hydrogens is 224 g/mol. The third-order valence-corrected chi connectivity index (χ3v) is 2.90. The fourth-order valence-electron chi connectivity index (χ4n) is 1.96. The SMILES string of the molecule is COC1CCC(Nc2ncc([N+](=O)[O-])cn2)C1. The lowest BCUT2D eigenvalue weighted by Crippen LogP contribution is -2.18. The van der Waals surface area contributed by atoms with Gasteiger partial charge in [0.1, 0.15) is 12.4 Å². The first kappa shape index (κ1) is 11.7. The molecule has 0 bridgehead atoms. The van der Waals surface area contributed by atoms with Crippen LogP contribution in [0.2, 0.25) is 0 Å². The second-order valence-electron chi connectivity index (χ2n) is 4.03. The van der Waals surface area contributed by atoms with Gasteiger partial charge in [0.05, 0.1) is 11.0 Å². The summed E-state index contributed by atoms with van der Waals surface area (Å²) >= 11 is 0. The van der Waals surface area contributed by atoms with Gasteiger partial charge in [0, 0.05) is 13.2 Å². The quantitative estimate of drug-likeness (QED) is 0.629. The number of methoxy groups -OCH3 is 1. The van der Waals surface area contributed by atoms with Crippen molar-refractivity contribution in [2.75, 3.05) is 12.4 Å². The molecule has 7 nitrogen and oxygen atoms in total. The van der Waals surface area contributed by atoms with Gasteiger partial charge >= 0.3 is 5.69 Å². The first-order valence-electron chi connectivity index (χ1n) is 5.45. The monoisotopic (exact) mass is 238 g/mol. The molecule has 0 aromatic carbocycles. The van der Waals surface area contributed by atoms with Crippen molar-refractivity contribution in [3.05, 3.63) is 22.5 Å². The van der Waals surface area contributed by atoms with E-state index in [9.17, 15) is 10.1 Å². The molecule has 17 heavy (non-hydrogen) atoms. The summed E-state index contributed by atoms with van der Waals surface area (Å²) in [6.07, 6.45) is 5.62. The van der Waals surface area contributed by atoms with Crippen molar-refractivity contribution in [1.29, 1.82) is 0 Å². The van der Waals surface area contributed by atoms with E-state index in [1.165, 1.54) is 12.4 Å². The molecule has 0 amide bonds. The van der Waals surface area contributed by atoms with Gasteiger partial charge < -0.3 is 10.1 Å². The van der Waals surface area contributed by atoms with Gasteiger partial charge in [-0.3, -0.25) is 10.1 Å². The van der Waals surface area contributed by atoms with E-state index >= 15 is 0 Å². The van der Waals surface area contributed by atoms with Crippen LogP contribution >= 0.6 is 0 Å². The molecule has 1 aliphatic rings. The predicted octanol–water partition coefficient (Wildman–Crippen LogP) is 1.36. The van der Waals surface area contributed by atoms with Crippen molar-refractivity contribution in [2.24, 2.45) is 0 Å². The Morgan fingerprint density at radius 1 is 1.47 bits per heavy atom. The van der Waals surface area contributed by atoms with Gasteiger partial charge in [-0.25, -0.2) is 9.97 Å². The molecule has 1 aromatic rings. The lowest BCUT2D eigenvalue weighted by molar-refractivity contribution is -0.385. The number of anilines is 1. The Morgan fingerprint density at radius 2 is 2.18 bits per heavy atom. The molecule has 2 atom stereocenters. The second-order valence-corrected chi connectivity index (χ2v) is 4.03. The zero-order valence-electron chi connectivity index (χ0n) is 9.50. The molecule has 92 valence electrons. The zero-order valence-corrected chi connectivity index (χ0v) is 9.50. The van der Waals surface area contributed by atoms with Crippen LogP contribution in [0.5, 0.6) is 0 Å². The third kappa shape index (κ3) is 2.88. The summed E-state index contributed by atoms with van der Waals surface area (Å²) in [5.41, 5.74) is -0.100. The Bertz CT molecular complexity index is 395. The molecule has 1 heterocycles. The molecule has 1 N–H and O–H groups in total. The topological polar surface area (TPSA) is 90.2 Å². The molecule has 0 aliphatic heterocycles. The average molecular weight is 238 g/mol. The number of hydrogen-bond donors (Lipinski definition) is 1. The van der Waals surface area contributed by atoms with E-state index in [4.69, 9.17) is 4.74 Å². The molecule has 1 aromatic heterocycles. The van der Waals surface area contributed by atoms with Crippen LogP contribution in [-0.2, 0) is 4.74 Å². The van der Waals surface area contributed by atoms with Crippen molar-refractivity contribution in [2.45, 2.75) is 31.4 Å². The molecule has 2 unspecified atom stereocenters. The minimum atomic E-state index is -0.514. The molecule has 1 aliphatic carbocycles. The lowest BCUT2D eigenvalue weighted by Gasteiger charge is -2.12. The molecule has 1 fully saturated rings. The highest BCUT2D eigenvalue weighted by atomic mass is 16.6. The third-order valence-electron chi connectivity index (χ3n) is 2.90. The molecule has 7 heteroatoms. The normalized spacial score (nSPS) is 23.6. The first-order valence-corrected chi connectivity index (χ1v) is 5.45. The Kier molecular flexibility index (Phi) is 3.48. The van der Waals surface area contributed by atoms with E-state index in [0.29, 0.717) is 5.95 Å². The Balaban J connectivity index is 1.93. The summed E-state index contributed by atoms with van der Waals surface area (Å²) < 4.78 is 5.26. The molecule has 0 saturated heterocycles. The van der Waals surface area contributed by atoms with Crippen molar-refractivity contribution < 1.29 is 9.66 Å². The number of nitro groups is 1. The molecule has 2 rings (SSSR count). The maximum atomic E-state index is 10.4. The number of hydrogen-bond acceptors (Lipinski definition) is 6. The fourth-order valence-corrected chi connectivity index (χ4v) is 1.96. The molecule has 1 saturated carbocycles. The summed E-state index contributed by atoms with van der Waals surface area (Å²) in [6.45, 7) is 0. The summed E-state index contributed by atoms with van der Waals surface area (Å²) in [4.78, 5) is 17.7. The van der Waals surface area contributed by atoms with Crippen molar-refractivity contribution >= 4 is 11.6 Å². The summed E-state index contributed by atoms with van der Waals surface area (Å²) in [5, 5.41) is 13.6. The van der Waals surface area contributed by atoms with E-state index in [0.717, 1.165) is 19.3 Å². The lowest BCUT2D eigenvalue weighted by atomic mass is 10.2. The zero-order chi connectivity index (χ0) is 12.3. The number of nitrogens with zero attached hydrogens (tertiary/aromatic N) is 3. The molecule has 0 spiro atoms. The van der Waals surface area contributed by atoms with Crippen LogP contribution in [-0.4, -0.2) is 34.1 Å². The van der Waals surface area contributed by atoms with E-state index < -0.39 is 4.92 Å². The maximum Gasteiger partial charge on any atom is 0.305 e. The summed E-state index contributed by atoms with van der Waals surface area (Å²) in [7, 11) is 1.70. The van der Waals surface area contributed by atoms with Crippen LogP contribution < -0.4 is 5.32 Å². The van der Waals surface area contributed by atoms with Gasteiger partial charge in [0.15, 0.2) is 0 Å². The Hall–Kier alpha value is -1.76. The Labute approximate surface area is 98.4 Å². The van der Waals surface area contributed by atoms with Crippen LogP contribution in [0.15, 0.2) is 12.4 Å². The first-order chi connectivity index (χ1) is 8.19. The maximum absolute atomic E-state index is 10.4. The number of nitrogens with one attached hydrogen (secondary N) is 1. The number of ether oxygens (including phenoxy) is 1. The minimum Gasteiger partial charge on any atom is -0.381 e. The van der Waals surface area contributed by atoms with Gasteiger partial charge in [0.25, 0.3) is 0 Å². The Morgan fingerprint density at radius 3 is 2.71 bits per heavy atom. The smallest absolute Gasteiger partial charge is 0.305 e. The van der Waals surface area contributed by atoms with Crippen molar-refractivity contribution in [3.63, 3.8) is 0 Å². The average Bonchev–Trinajstić information content (AvgIpc) is 2.77. The van der Waals surface area contributed by atoms with Crippen LogP contribution in [0.25, 0.3) is 0 Å². The van der Waals surface area contributed by atoms with E-state index in [1.807, 2.05) is 0 Å². The van der Waals surface area contributed by atoms with E-state index in [2.05, 4.69) is 15.3 Å². The van der Waals surface area contributed by atoms with Gasteiger partial charge in [-0.05, 0) is 19.3 Å². The van der Waals surface area contributed by atoms with E-state index in [1.54, 1.807) is 7.11 Å². The fraction of sp³-hybridized carbons (Fsp3) is 0.600. The molecule has 0 radical (unpaired) electrons. The second kappa shape index (κ2) is 5.05. The predicted molar refractivity (Wildman–Crippen MR) is 60.7 cm³/mol. The number of aromatic nitrogens is 2. The van der Waals surface area contributed by atoms with Gasteiger partial charge in [-0.15, -0.1) is 0 Å². The van der Waals surface area contributed by atoms with Crippen molar-refractivity contribution in [1.82, 2.24) is 9.97 Å². The van der Waals surface area contributed by atoms with Crippen LogP contribution in [0.4, 0.5) is 11.6 Å². The van der Waals surface area contributed by atoms with Gasteiger partial charge in [-0.2, -0.15) is 0 Å². The molecular formula is C10H14N4O3. The highest BCUT2D eigenvalue weighted by Gasteiger charge is 2.24. The van der Waals surface area contributed by atoms with Crippen LogP contribution in [0.1, 0.15) is 19.3 Å². The summed E-state index contributed by atoms with van der Waals surface area (Å²) in [5.74, 6) is 0.428. The standard InChI is InChI=1S/C10H14N4O3/c1-17-9-3-2-7(4-9)13-10-11-5-8(6-12-10)14(15)16/h5-7,9H,2-4H2,1H3,(H,11,12,13).